The van der Waals surface area contributed by atoms with Crippen molar-refractivity contribution in [3.63, 3.8) is 0 Å². The van der Waals surface area contributed by atoms with Crippen LogP contribution in [0.1, 0.15) is 11.1 Å². The SMILES string of the molecule is N=C(N)NCc1ccccc1SC1=C(C(=O)O)N2C(=O)[C@@H](NC(=O)Cc3ccccc3)[C@@H]2SC1. The molecule has 0 bridgehead atoms. The van der Waals surface area contributed by atoms with Crippen molar-refractivity contribution in [2.45, 2.75) is 29.3 Å². The number of hydrogen-bond acceptors (Lipinski definition) is 6. The van der Waals surface area contributed by atoms with Gasteiger partial charge < -0.3 is 21.5 Å². The number of β-lactam (4-membered cyclic amide) rings is 1. The maximum absolute atomic E-state index is 12.9. The number of fused-ring (bicyclic) bond motifs is 1. The molecular formula is C23H23N5O4S2. The van der Waals surface area contributed by atoms with Crippen LogP contribution in [0.25, 0.3) is 0 Å². The fourth-order valence-corrected chi connectivity index (χ4v) is 6.35. The third-order valence-corrected chi connectivity index (χ3v) is 8.00. The van der Waals surface area contributed by atoms with E-state index in [0.717, 1.165) is 16.0 Å². The highest BCUT2D eigenvalue weighted by atomic mass is 32.2. The lowest BCUT2D eigenvalue weighted by molar-refractivity contribution is -0.150. The summed E-state index contributed by atoms with van der Waals surface area (Å²) in [5.41, 5.74) is 7.02. The Hall–Kier alpha value is -3.44. The van der Waals surface area contributed by atoms with Gasteiger partial charge in [-0.3, -0.25) is 19.9 Å². The van der Waals surface area contributed by atoms with Crippen LogP contribution in [-0.2, 0) is 27.3 Å². The van der Waals surface area contributed by atoms with Gasteiger partial charge in [0.15, 0.2) is 5.96 Å². The molecule has 2 aliphatic heterocycles. The number of nitrogens with two attached hydrogens (primary N) is 1. The molecule has 2 aromatic rings. The number of nitrogens with zero attached hydrogens (tertiary/aromatic N) is 1. The largest absolute Gasteiger partial charge is 0.477 e. The monoisotopic (exact) mass is 497 g/mol. The number of rotatable bonds is 8. The van der Waals surface area contributed by atoms with Crippen LogP contribution in [-0.4, -0.2) is 50.9 Å². The maximum Gasteiger partial charge on any atom is 0.353 e. The summed E-state index contributed by atoms with van der Waals surface area (Å²) in [5, 5.41) is 22.3. The number of hydrogen-bond donors (Lipinski definition) is 5. The minimum Gasteiger partial charge on any atom is -0.477 e. The number of thioether (sulfide) groups is 2. The van der Waals surface area contributed by atoms with Crippen molar-refractivity contribution in [1.82, 2.24) is 15.5 Å². The third-order valence-electron chi connectivity index (χ3n) is 5.33. The first kappa shape index (κ1) is 23.7. The van der Waals surface area contributed by atoms with Crippen molar-refractivity contribution >= 4 is 47.3 Å². The highest BCUT2D eigenvalue weighted by Gasteiger charge is 2.54. The zero-order chi connectivity index (χ0) is 24.2. The second kappa shape index (κ2) is 10.2. The number of carbonyl (C=O) groups is 3. The lowest BCUT2D eigenvalue weighted by Crippen LogP contribution is -2.70. The fourth-order valence-electron chi connectivity index (χ4n) is 3.75. The number of guanidine groups is 1. The Labute approximate surface area is 204 Å². The highest BCUT2D eigenvalue weighted by molar-refractivity contribution is 8.06. The van der Waals surface area contributed by atoms with Crippen LogP contribution in [0.5, 0.6) is 0 Å². The van der Waals surface area contributed by atoms with Gasteiger partial charge in [0.25, 0.3) is 5.91 Å². The van der Waals surface area contributed by atoms with Crippen molar-refractivity contribution in [3.8, 4) is 0 Å². The second-order valence-corrected chi connectivity index (χ2v) is 9.91. The van der Waals surface area contributed by atoms with Crippen molar-refractivity contribution in [2.24, 2.45) is 5.73 Å². The number of carbonyl (C=O) groups excluding carboxylic acids is 2. The molecule has 0 radical (unpaired) electrons. The van der Waals surface area contributed by atoms with E-state index in [1.807, 2.05) is 54.6 Å². The lowest BCUT2D eigenvalue weighted by atomic mass is 10.0. The number of aliphatic carboxylic acids is 1. The Morgan fingerprint density at radius 3 is 2.59 bits per heavy atom. The van der Waals surface area contributed by atoms with Gasteiger partial charge in [-0.1, -0.05) is 60.3 Å². The first-order valence-corrected chi connectivity index (χ1v) is 12.3. The molecule has 34 heavy (non-hydrogen) atoms. The number of nitrogens with one attached hydrogen (secondary N) is 3. The first-order chi connectivity index (χ1) is 16.3. The Balaban J connectivity index is 1.49. The molecule has 2 aromatic carbocycles. The molecule has 1 fully saturated rings. The summed E-state index contributed by atoms with van der Waals surface area (Å²) in [7, 11) is 0. The molecule has 0 aromatic heterocycles. The van der Waals surface area contributed by atoms with Crippen molar-refractivity contribution in [2.75, 3.05) is 5.75 Å². The predicted molar refractivity (Wildman–Crippen MR) is 131 cm³/mol. The number of carboxylic acids is 1. The van der Waals surface area contributed by atoms with E-state index in [2.05, 4.69) is 10.6 Å². The molecule has 6 N–H and O–H groups in total. The summed E-state index contributed by atoms with van der Waals surface area (Å²) in [4.78, 5) is 40.1. The highest BCUT2D eigenvalue weighted by Crippen LogP contribution is 2.45. The molecule has 0 aliphatic carbocycles. The average molecular weight is 498 g/mol. The lowest BCUT2D eigenvalue weighted by Gasteiger charge is -2.49. The molecule has 2 amide bonds. The molecule has 2 aliphatic rings. The van der Waals surface area contributed by atoms with E-state index in [-0.39, 0.29) is 24.0 Å². The van der Waals surface area contributed by atoms with E-state index in [1.165, 1.54) is 28.4 Å². The minimum atomic E-state index is -1.19. The van der Waals surface area contributed by atoms with Gasteiger partial charge in [0, 0.05) is 22.1 Å². The van der Waals surface area contributed by atoms with Gasteiger partial charge in [0.1, 0.15) is 17.1 Å². The third kappa shape index (κ3) is 5.05. The molecule has 176 valence electrons. The minimum absolute atomic E-state index is 0.0540. The summed E-state index contributed by atoms with van der Waals surface area (Å²) in [6.07, 6.45) is 0.149. The van der Waals surface area contributed by atoms with Crippen molar-refractivity contribution in [3.05, 3.63) is 76.3 Å². The summed E-state index contributed by atoms with van der Waals surface area (Å²) in [6, 6.07) is 15.9. The van der Waals surface area contributed by atoms with Crippen LogP contribution in [0.4, 0.5) is 0 Å². The van der Waals surface area contributed by atoms with E-state index in [9.17, 15) is 19.5 Å². The molecule has 0 unspecified atom stereocenters. The van der Waals surface area contributed by atoms with Gasteiger partial charge in [0.05, 0.1) is 6.42 Å². The Bertz CT molecular complexity index is 1170. The Morgan fingerprint density at radius 1 is 1.18 bits per heavy atom. The summed E-state index contributed by atoms with van der Waals surface area (Å²) in [5.74, 6) is -1.67. The molecule has 2 heterocycles. The van der Waals surface area contributed by atoms with Crippen LogP contribution in [0.15, 0.2) is 70.1 Å². The van der Waals surface area contributed by atoms with E-state index in [4.69, 9.17) is 11.1 Å². The number of benzene rings is 2. The van der Waals surface area contributed by atoms with E-state index < -0.39 is 23.3 Å². The zero-order valence-corrected chi connectivity index (χ0v) is 19.6. The molecule has 9 nitrogen and oxygen atoms in total. The Kier molecular flexibility index (Phi) is 7.13. The van der Waals surface area contributed by atoms with Crippen molar-refractivity contribution < 1.29 is 19.5 Å². The summed E-state index contributed by atoms with van der Waals surface area (Å²) in [6.45, 7) is 0.322. The Morgan fingerprint density at radius 2 is 1.88 bits per heavy atom. The topological polar surface area (TPSA) is 149 Å². The van der Waals surface area contributed by atoms with Crippen LogP contribution < -0.4 is 16.4 Å². The van der Waals surface area contributed by atoms with E-state index in [1.54, 1.807) is 0 Å². The molecule has 0 saturated carbocycles. The molecule has 11 heteroatoms. The first-order valence-electron chi connectivity index (χ1n) is 10.4. The predicted octanol–water partition coefficient (Wildman–Crippen LogP) is 1.70. The molecule has 1 saturated heterocycles. The molecule has 0 spiro atoms. The quantitative estimate of drug-likeness (QED) is 0.210. The maximum atomic E-state index is 12.9. The van der Waals surface area contributed by atoms with Crippen LogP contribution in [0.2, 0.25) is 0 Å². The van der Waals surface area contributed by atoms with Gasteiger partial charge in [-0.05, 0) is 17.2 Å². The number of amides is 2. The van der Waals surface area contributed by atoms with Gasteiger partial charge >= 0.3 is 5.97 Å². The van der Waals surface area contributed by atoms with Gasteiger partial charge in [0.2, 0.25) is 5.91 Å². The molecule has 2 atom stereocenters. The standard InChI is InChI=1S/C23H23N5O4S2/c24-23(25)26-11-14-8-4-5-9-15(14)34-16-12-33-21-18(20(30)28(21)19(16)22(31)32)27-17(29)10-13-6-2-1-3-7-13/h1-9,18,21H,10-12H2,(H,27,29)(H,31,32)(H4,24,25,26)/t18-,21+/m1/s1. The van der Waals surface area contributed by atoms with Crippen LogP contribution in [0, 0.1) is 5.41 Å². The second-order valence-electron chi connectivity index (χ2n) is 7.67. The molecule has 4 rings (SSSR count). The average Bonchev–Trinajstić information content (AvgIpc) is 2.82. The van der Waals surface area contributed by atoms with Crippen LogP contribution in [0.3, 0.4) is 0 Å². The van der Waals surface area contributed by atoms with Crippen LogP contribution >= 0.6 is 23.5 Å². The summed E-state index contributed by atoms with van der Waals surface area (Å²) >= 11 is 2.71. The van der Waals surface area contributed by atoms with Gasteiger partial charge in [-0.25, -0.2) is 4.79 Å². The zero-order valence-electron chi connectivity index (χ0n) is 18.0. The van der Waals surface area contributed by atoms with Gasteiger partial charge in [-0.15, -0.1) is 11.8 Å². The fraction of sp³-hybridized carbons (Fsp3) is 0.217. The van der Waals surface area contributed by atoms with Crippen molar-refractivity contribution in [1.29, 1.82) is 5.41 Å². The van der Waals surface area contributed by atoms with E-state index >= 15 is 0 Å². The summed E-state index contributed by atoms with van der Waals surface area (Å²) < 4.78 is 0. The van der Waals surface area contributed by atoms with E-state index in [0.29, 0.717) is 17.2 Å². The normalized spacial score (nSPS) is 19.2. The van der Waals surface area contributed by atoms with Gasteiger partial charge in [-0.2, -0.15) is 0 Å². The number of carboxylic acid groups (broad SMARTS) is 1. The smallest absolute Gasteiger partial charge is 0.353 e. The molecular weight excluding hydrogens is 474 g/mol.